The number of amides is 1. The van der Waals surface area contributed by atoms with Gasteiger partial charge in [0.1, 0.15) is 15.4 Å². The molecule has 3 heterocycles. The summed E-state index contributed by atoms with van der Waals surface area (Å²) in [5, 5.41) is 1.56. The lowest BCUT2D eigenvalue weighted by Crippen LogP contribution is -2.37. The first-order valence-electron chi connectivity index (χ1n) is 7.89. The Balaban J connectivity index is 1.82. The summed E-state index contributed by atoms with van der Waals surface area (Å²) < 4.78 is 37.5. The molecule has 1 aromatic heterocycles. The standard InChI is InChI=1S/C15H20N2O6S2/c1-16-10-15(23-14(16)19)5-3-7-17(8-6-15)25(20,21)11-4-9-24-12(11)13(18)22-2/h4,9H,3,5-8,10H2,1-2H3/t15-/m1/s1. The Labute approximate surface area is 150 Å². The van der Waals surface area contributed by atoms with Gasteiger partial charge < -0.3 is 14.4 Å². The van der Waals surface area contributed by atoms with Crippen molar-refractivity contribution in [3.05, 3.63) is 16.3 Å². The van der Waals surface area contributed by atoms with Crippen LogP contribution in [0.15, 0.2) is 16.3 Å². The van der Waals surface area contributed by atoms with Crippen LogP contribution in [0, 0.1) is 0 Å². The van der Waals surface area contributed by atoms with Gasteiger partial charge in [0.25, 0.3) is 0 Å². The number of carbonyl (C=O) groups is 2. The van der Waals surface area contributed by atoms with E-state index in [9.17, 15) is 18.0 Å². The number of ether oxygens (including phenoxy) is 2. The zero-order valence-electron chi connectivity index (χ0n) is 14.1. The number of methoxy groups -OCH3 is 1. The average Bonchev–Trinajstić information content (AvgIpc) is 3.09. The van der Waals surface area contributed by atoms with Crippen LogP contribution in [0.4, 0.5) is 4.79 Å². The minimum absolute atomic E-state index is 0.0270. The molecule has 0 bridgehead atoms. The Morgan fingerprint density at radius 1 is 1.36 bits per heavy atom. The molecule has 2 fully saturated rings. The molecule has 0 saturated carbocycles. The number of sulfonamides is 1. The molecule has 0 unspecified atom stereocenters. The van der Waals surface area contributed by atoms with Crippen LogP contribution in [0.2, 0.25) is 0 Å². The first-order chi connectivity index (χ1) is 11.8. The molecule has 1 spiro atoms. The summed E-state index contributed by atoms with van der Waals surface area (Å²) in [5.41, 5.74) is -0.629. The van der Waals surface area contributed by atoms with Crippen LogP contribution >= 0.6 is 11.3 Å². The number of likely N-dealkylation sites (N-methyl/N-ethyl adjacent to an activating group) is 1. The minimum Gasteiger partial charge on any atom is -0.465 e. The van der Waals surface area contributed by atoms with Gasteiger partial charge in [0.2, 0.25) is 10.0 Å². The third-order valence-electron chi connectivity index (χ3n) is 4.62. The van der Waals surface area contributed by atoms with E-state index < -0.39 is 21.6 Å². The largest absolute Gasteiger partial charge is 0.465 e. The van der Waals surface area contributed by atoms with E-state index in [1.54, 1.807) is 12.4 Å². The van der Waals surface area contributed by atoms with E-state index in [2.05, 4.69) is 4.74 Å². The number of esters is 1. The van der Waals surface area contributed by atoms with Gasteiger partial charge in [-0.15, -0.1) is 11.3 Å². The second kappa shape index (κ2) is 6.58. The number of nitrogens with zero attached hydrogens (tertiary/aromatic N) is 2. The second-order valence-corrected chi connectivity index (χ2v) is 9.09. The van der Waals surface area contributed by atoms with Crippen molar-refractivity contribution in [2.24, 2.45) is 0 Å². The molecule has 138 valence electrons. The summed E-state index contributed by atoms with van der Waals surface area (Å²) in [6, 6.07) is 1.43. The number of hydrogen-bond acceptors (Lipinski definition) is 7. The molecule has 0 aromatic carbocycles. The monoisotopic (exact) mass is 388 g/mol. The molecular weight excluding hydrogens is 368 g/mol. The van der Waals surface area contributed by atoms with Gasteiger partial charge in [0.15, 0.2) is 0 Å². The van der Waals surface area contributed by atoms with Crippen LogP contribution in [0.5, 0.6) is 0 Å². The second-order valence-electron chi connectivity index (χ2n) is 6.27. The molecule has 8 nitrogen and oxygen atoms in total. The zero-order chi connectivity index (χ0) is 18.2. The van der Waals surface area contributed by atoms with Crippen molar-refractivity contribution >= 4 is 33.4 Å². The fourth-order valence-corrected chi connectivity index (χ4v) is 6.10. The molecule has 3 rings (SSSR count). The van der Waals surface area contributed by atoms with Gasteiger partial charge in [-0.25, -0.2) is 18.0 Å². The molecule has 10 heteroatoms. The predicted molar refractivity (Wildman–Crippen MR) is 90.1 cm³/mol. The molecule has 2 saturated heterocycles. The van der Waals surface area contributed by atoms with Crippen molar-refractivity contribution in [3.8, 4) is 0 Å². The van der Waals surface area contributed by atoms with Crippen molar-refractivity contribution < 1.29 is 27.5 Å². The molecular formula is C15H20N2O6S2. The Kier molecular flexibility index (Phi) is 4.78. The van der Waals surface area contributed by atoms with Crippen molar-refractivity contribution in [2.75, 3.05) is 33.8 Å². The third-order valence-corrected chi connectivity index (χ3v) is 7.58. The van der Waals surface area contributed by atoms with Crippen molar-refractivity contribution in [3.63, 3.8) is 0 Å². The molecule has 2 aliphatic heterocycles. The predicted octanol–water partition coefficient (Wildman–Crippen LogP) is 1.53. The molecule has 0 radical (unpaired) electrons. The van der Waals surface area contributed by atoms with Crippen LogP contribution in [0.25, 0.3) is 0 Å². The van der Waals surface area contributed by atoms with Crippen LogP contribution in [-0.4, -0.2) is 69.1 Å². The van der Waals surface area contributed by atoms with Gasteiger partial charge in [0.05, 0.1) is 13.7 Å². The summed E-state index contributed by atoms with van der Waals surface area (Å²) >= 11 is 1.04. The highest BCUT2D eigenvalue weighted by atomic mass is 32.2. The van der Waals surface area contributed by atoms with Crippen molar-refractivity contribution in [2.45, 2.75) is 29.8 Å². The first-order valence-corrected chi connectivity index (χ1v) is 10.2. The van der Waals surface area contributed by atoms with Crippen molar-refractivity contribution in [1.82, 2.24) is 9.21 Å². The van der Waals surface area contributed by atoms with E-state index in [1.165, 1.54) is 22.4 Å². The van der Waals surface area contributed by atoms with Gasteiger partial charge in [-0.2, -0.15) is 4.31 Å². The molecule has 1 aromatic rings. The summed E-state index contributed by atoms with van der Waals surface area (Å²) in [5.74, 6) is -0.661. The molecule has 1 amide bonds. The Morgan fingerprint density at radius 3 is 2.76 bits per heavy atom. The highest BCUT2D eigenvalue weighted by Crippen LogP contribution is 2.35. The number of hydrogen-bond donors (Lipinski definition) is 0. The summed E-state index contributed by atoms with van der Waals surface area (Å²) in [6.07, 6.45) is 1.25. The Bertz CT molecular complexity index is 790. The van der Waals surface area contributed by atoms with Gasteiger partial charge in [-0.3, -0.25) is 0 Å². The highest BCUT2D eigenvalue weighted by Gasteiger charge is 2.45. The van der Waals surface area contributed by atoms with E-state index in [4.69, 9.17) is 4.74 Å². The molecule has 1 atom stereocenters. The Morgan fingerprint density at radius 2 is 2.12 bits per heavy atom. The number of carbonyl (C=O) groups excluding carboxylic acids is 2. The average molecular weight is 388 g/mol. The third kappa shape index (κ3) is 3.25. The lowest BCUT2D eigenvalue weighted by Gasteiger charge is -2.25. The normalized spacial score (nSPS) is 25.0. The SMILES string of the molecule is COC(=O)c1sccc1S(=O)(=O)N1CCC[C@@]2(CC1)CN(C)C(=O)O2. The summed E-state index contributed by atoms with van der Waals surface area (Å²) in [7, 11) is -0.920. The van der Waals surface area contributed by atoms with Crippen molar-refractivity contribution in [1.29, 1.82) is 0 Å². The number of thiophene rings is 1. The van der Waals surface area contributed by atoms with Crippen LogP contribution < -0.4 is 0 Å². The van der Waals surface area contributed by atoms with E-state index in [1.807, 2.05) is 0 Å². The molecule has 0 aliphatic carbocycles. The summed E-state index contributed by atoms with van der Waals surface area (Å²) in [4.78, 5) is 25.1. The lowest BCUT2D eigenvalue weighted by atomic mass is 9.95. The van der Waals surface area contributed by atoms with E-state index in [-0.39, 0.29) is 22.4 Å². The maximum absolute atomic E-state index is 13.0. The molecule has 2 aliphatic rings. The van der Waals surface area contributed by atoms with Gasteiger partial charge >= 0.3 is 12.1 Å². The zero-order valence-corrected chi connectivity index (χ0v) is 15.7. The smallest absolute Gasteiger partial charge is 0.410 e. The van der Waals surface area contributed by atoms with Crippen LogP contribution in [0.3, 0.4) is 0 Å². The van der Waals surface area contributed by atoms with Crippen LogP contribution in [0.1, 0.15) is 28.9 Å². The summed E-state index contributed by atoms with van der Waals surface area (Å²) in [6.45, 7) is 1.02. The lowest BCUT2D eigenvalue weighted by molar-refractivity contribution is 0.0459. The maximum Gasteiger partial charge on any atom is 0.410 e. The van der Waals surface area contributed by atoms with Gasteiger partial charge in [0, 0.05) is 26.6 Å². The molecule has 25 heavy (non-hydrogen) atoms. The van der Waals surface area contributed by atoms with Gasteiger partial charge in [-0.1, -0.05) is 0 Å². The molecule has 0 N–H and O–H groups in total. The minimum atomic E-state index is -3.81. The van der Waals surface area contributed by atoms with Crippen LogP contribution in [-0.2, 0) is 19.5 Å². The first kappa shape index (κ1) is 18.2. The topological polar surface area (TPSA) is 93.2 Å². The van der Waals surface area contributed by atoms with E-state index in [0.29, 0.717) is 32.4 Å². The highest BCUT2D eigenvalue weighted by molar-refractivity contribution is 7.89. The van der Waals surface area contributed by atoms with E-state index in [0.717, 1.165) is 11.3 Å². The fraction of sp³-hybridized carbons (Fsp3) is 0.600. The van der Waals surface area contributed by atoms with Gasteiger partial charge in [-0.05, 0) is 24.3 Å². The fourth-order valence-electron chi connectivity index (χ4n) is 3.32. The quantitative estimate of drug-likeness (QED) is 0.729. The maximum atomic E-state index is 13.0. The number of rotatable bonds is 3. The Hall–Kier alpha value is -1.65. The van der Waals surface area contributed by atoms with E-state index >= 15 is 0 Å².